The molecule has 0 saturated carbocycles. The normalized spacial score (nSPS) is 27.0. The molecule has 4 rings (SSSR count). The highest BCUT2D eigenvalue weighted by atomic mass is 32.2. The van der Waals surface area contributed by atoms with Crippen molar-refractivity contribution in [2.75, 3.05) is 26.9 Å². The molecule has 0 bridgehead atoms. The first-order valence-corrected chi connectivity index (χ1v) is 10.3. The summed E-state index contributed by atoms with van der Waals surface area (Å²) in [6.45, 7) is 0.139. The molecule has 3 heterocycles. The summed E-state index contributed by atoms with van der Waals surface area (Å²) in [6, 6.07) is 7.99. The van der Waals surface area contributed by atoms with Crippen molar-refractivity contribution in [2.24, 2.45) is 0 Å². The summed E-state index contributed by atoms with van der Waals surface area (Å²) in [5.74, 6) is -0.498. The smallest absolute Gasteiger partial charge is 0.331 e. The molecule has 2 fully saturated rings. The first-order chi connectivity index (χ1) is 13.5. The summed E-state index contributed by atoms with van der Waals surface area (Å²) in [7, 11) is -2.57. The second-order valence-corrected chi connectivity index (χ2v) is 8.26. The zero-order chi connectivity index (χ0) is 19.7. The summed E-state index contributed by atoms with van der Waals surface area (Å²) in [5, 5.41) is 0.735. The van der Waals surface area contributed by atoms with Crippen molar-refractivity contribution in [3.05, 3.63) is 36.5 Å². The number of carbonyl (C=O) groups excluding carboxylic acids is 1. The van der Waals surface area contributed by atoms with Crippen LogP contribution in [0.5, 0.6) is 0 Å². The largest absolute Gasteiger partial charge is 0.467 e. The van der Waals surface area contributed by atoms with Gasteiger partial charge in [0.05, 0.1) is 31.9 Å². The summed E-state index contributed by atoms with van der Waals surface area (Å²) >= 11 is 0. The van der Waals surface area contributed by atoms with Gasteiger partial charge in [-0.25, -0.2) is 17.9 Å². The van der Waals surface area contributed by atoms with Gasteiger partial charge >= 0.3 is 5.97 Å². The minimum Gasteiger partial charge on any atom is -0.467 e. The van der Waals surface area contributed by atoms with Crippen LogP contribution in [0.3, 0.4) is 0 Å². The minimum atomic E-state index is -3.84. The Morgan fingerprint density at radius 3 is 2.82 bits per heavy atom. The molecule has 2 saturated heterocycles. The fourth-order valence-electron chi connectivity index (χ4n) is 3.50. The van der Waals surface area contributed by atoms with E-state index >= 15 is 0 Å². The molecule has 1 N–H and O–H groups in total. The maximum absolute atomic E-state index is 13.0. The van der Waals surface area contributed by atoms with Gasteiger partial charge in [0.1, 0.15) is 29.8 Å². The third-order valence-corrected chi connectivity index (χ3v) is 6.36. The number of pyridine rings is 1. The number of hydrogen-bond acceptors (Lipinski definition) is 8. The molecule has 1 aromatic carbocycles. The number of methoxy groups -OCH3 is 1. The molecule has 0 spiro atoms. The van der Waals surface area contributed by atoms with Crippen LogP contribution in [-0.4, -0.2) is 70.7 Å². The summed E-state index contributed by atoms with van der Waals surface area (Å²) < 4.78 is 50.0. The van der Waals surface area contributed by atoms with Gasteiger partial charge in [-0.15, -0.1) is 0 Å². The second-order valence-electron chi connectivity index (χ2n) is 6.58. The van der Waals surface area contributed by atoms with Gasteiger partial charge in [0, 0.05) is 11.6 Å². The highest BCUT2D eigenvalue weighted by Gasteiger charge is 2.49. The van der Waals surface area contributed by atoms with Gasteiger partial charge in [0.15, 0.2) is 0 Å². The van der Waals surface area contributed by atoms with Crippen molar-refractivity contribution in [2.45, 2.75) is 29.2 Å². The monoisotopic (exact) mass is 408 g/mol. The van der Waals surface area contributed by atoms with Crippen LogP contribution >= 0.6 is 0 Å². The van der Waals surface area contributed by atoms with Gasteiger partial charge in [-0.05, 0) is 12.1 Å². The summed E-state index contributed by atoms with van der Waals surface area (Å²) in [4.78, 5) is 15.6. The Bertz CT molecular complexity index is 976. The quantitative estimate of drug-likeness (QED) is 0.677. The van der Waals surface area contributed by atoms with E-state index < -0.39 is 40.3 Å². The number of esters is 1. The topological polar surface area (TPSA) is 113 Å². The van der Waals surface area contributed by atoms with Crippen molar-refractivity contribution in [1.82, 2.24) is 9.71 Å². The van der Waals surface area contributed by atoms with Crippen molar-refractivity contribution in [3.8, 4) is 0 Å². The van der Waals surface area contributed by atoms with Crippen LogP contribution in [0.15, 0.2) is 41.4 Å². The Balaban J connectivity index is 1.48. The molecule has 0 unspecified atom stereocenters. The van der Waals surface area contributed by atoms with Crippen LogP contribution < -0.4 is 4.72 Å². The van der Waals surface area contributed by atoms with Crippen LogP contribution in [0.1, 0.15) is 0 Å². The van der Waals surface area contributed by atoms with E-state index in [0.717, 1.165) is 5.39 Å². The van der Waals surface area contributed by atoms with Crippen LogP contribution in [0.4, 0.5) is 0 Å². The number of ether oxygens (including phenoxy) is 4. The lowest BCUT2D eigenvalue weighted by Gasteiger charge is -2.18. The Labute approximate surface area is 162 Å². The second kappa shape index (κ2) is 7.72. The SMILES string of the molecule is COC(=O)CO[C@@H]1CO[C@H]2[C@@H]1OC[C@@H]2NS(=O)(=O)c1cccc2cccnc12. The number of sulfonamides is 1. The molecule has 150 valence electrons. The van der Waals surface area contributed by atoms with Gasteiger partial charge in [-0.2, -0.15) is 0 Å². The predicted octanol–water partition coefficient (Wildman–Crippen LogP) is 0.238. The molecule has 2 aliphatic heterocycles. The van der Waals surface area contributed by atoms with E-state index in [1.165, 1.54) is 13.2 Å². The molecule has 28 heavy (non-hydrogen) atoms. The van der Waals surface area contributed by atoms with Gasteiger partial charge < -0.3 is 18.9 Å². The Morgan fingerprint density at radius 2 is 2.00 bits per heavy atom. The third kappa shape index (κ3) is 3.61. The fourth-order valence-corrected chi connectivity index (χ4v) is 4.91. The van der Waals surface area contributed by atoms with E-state index in [4.69, 9.17) is 14.2 Å². The number of carbonyl (C=O) groups is 1. The standard InChI is InChI=1S/C18H20N2O7S/c1-24-15(21)10-25-13-9-27-17-12(8-26-18(13)17)20-28(22,23)14-6-2-4-11-5-3-7-19-16(11)14/h2-7,12-13,17-18,20H,8-10H2,1H3/t12-,13+,17+,18+/m0/s1. The zero-order valence-electron chi connectivity index (χ0n) is 15.1. The number of fused-ring (bicyclic) bond motifs is 2. The first kappa shape index (κ1) is 19.2. The first-order valence-electron chi connectivity index (χ1n) is 8.77. The average molecular weight is 408 g/mol. The summed E-state index contributed by atoms with van der Waals surface area (Å²) in [5.41, 5.74) is 0.402. The summed E-state index contributed by atoms with van der Waals surface area (Å²) in [6.07, 6.45) is 0.139. The highest BCUT2D eigenvalue weighted by molar-refractivity contribution is 7.89. The number of nitrogens with zero attached hydrogens (tertiary/aromatic N) is 1. The Kier molecular flexibility index (Phi) is 5.30. The van der Waals surface area contributed by atoms with E-state index in [2.05, 4.69) is 14.4 Å². The molecular weight excluding hydrogens is 388 g/mol. The number of para-hydroxylation sites is 1. The molecule has 0 radical (unpaired) electrons. The van der Waals surface area contributed by atoms with Crippen LogP contribution in [0, 0.1) is 0 Å². The van der Waals surface area contributed by atoms with Gasteiger partial charge in [-0.1, -0.05) is 18.2 Å². The van der Waals surface area contributed by atoms with Crippen LogP contribution in [0.25, 0.3) is 10.9 Å². The minimum absolute atomic E-state index is 0.102. The third-order valence-electron chi connectivity index (χ3n) is 4.84. The maximum Gasteiger partial charge on any atom is 0.331 e. The van der Waals surface area contributed by atoms with Crippen molar-refractivity contribution in [1.29, 1.82) is 0 Å². The van der Waals surface area contributed by atoms with E-state index in [1.807, 2.05) is 0 Å². The van der Waals surface area contributed by atoms with Gasteiger partial charge in [0.25, 0.3) is 0 Å². The molecule has 4 atom stereocenters. The average Bonchev–Trinajstić information content (AvgIpc) is 3.28. The van der Waals surface area contributed by atoms with Crippen LogP contribution in [0.2, 0.25) is 0 Å². The molecule has 1 aromatic heterocycles. The molecule has 2 aliphatic rings. The van der Waals surface area contributed by atoms with Gasteiger partial charge in [-0.3, -0.25) is 4.98 Å². The number of hydrogen-bond donors (Lipinski definition) is 1. The van der Waals surface area contributed by atoms with E-state index in [-0.39, 0.29) is 24.7 Å². The molecule has 2 aromatic rings. The van der Waals surface area contributed by atoms with E-state index in [9.17, 15) is 13.2 Å². The fraction of sp³-hybridized carbons (Fsp3) is 0.444. The number of nitrogens with one attached hydrogen (secondary N) is 1. The van der Waals surface area contributed by atoms with Gasteiger partial charge in [0.2, 0.25) is 10.0 Å². The lowest BCUT2D eigenvalue weighted by Crippen LogP contribution is -2.44. The van der Waals surface area contributed by atoms with Crippen molar-refractivity contribution in [3.63, 3.8) is 0 Å². The molecule has 0 amide bonds. The van der Waals surface area contributed by atoms with Crippen LogP contribution in [-0.2, 0) is 33.8 Å². The van der Waals surface area contributed by atoms with Crippen molar-refractivity contribution < 1.29 is 32.2 Å². The number of aromatic nitrogens is 1. The Hall–Kier alpha value is -2.11. The number of benzene rings is 1. The zero-order valence-corrected chi connectivity index (χ0v) is 15.9. The molecule has 10 heteroatoms. The lowest BCUT2D eigenvalue weighted by molar-refractivity contribution is -0.150. The highest BCUT2D eigenvalue weighted by Crippen LogP contribution is 2.30. The predicted molar refractivity (Wildman–Crippen MR) is 97.1 cm³/mol. The Morgan fingerprint density at radius 1 is 1.21 bits per heavy atom. The maximum atomic E-state index is 13.0. The van der Waals surface area contributed by atoms with E-state index in [0.29, 0.717) is 5.52 Å². The molecule has 9 nitrogen and oxygen atoms in total. The lowest BCUT2D eigenvalue weighted by atomic mass is 10.1. The molecule has 0 aliphatic carbocycles. The number of rotatable bonds is 6. The van der Waals surface area contributed by atoms with Crippen molar-refractivity contribution >= 4 is 26.9 Å². The van der Waals surface area contributed by atoms with E-state index in [1.54, 1.807) is 30.5 Å². The molecular formula is C18H20N2O7S.